The summed E-state index contributed by atoms with van der Waals surface area (Å²) in [6, 6.07) is 4.13. The van der Waals surface area contributed by atoms with Gasteiger partial charge in [0.1, 0.15) is 5.82 Å². The molecule has 90 valence electrons. The highest BCUT2D eigenvalue weighted by Gasteiger charge is 2.04. The van der Waals surface area contributed by atoms with Crippen molar-refractivity contribution >= 4 is 5.82 Å². The molecule has 0 amide bonds. The largest absolute Gasteiger partial charge is 0.383 e. The lowest BCUT2D eigenvalue weighted by atomic mass is 10.2. The van der Waals surface area contributed by atoms with Crippen molar-refractivity contribution in [2.24, 2.45) is 5.73 Å². The first kappa shape index (κ1) is 12.9. The van der Waals surface area contributed by atoms with Crippen molar-refractivity contribution in [2.75, 3.05) is 38.3 Å². The van der Waals surface area contributed by atoms with Crippen LogP contribution in [-0.2, 0) is 11.2 Å². The van der Waals surface area contributed by atoms with Crippen LogP contribution in [0.1, 0.15) is 12.5 Å². The van der Waals surface area contributed by atoms with Crippen LogP contribution in [0.3, 0.4) is 0 Å². The fourth-order valence-corrected chi connectivity index (χ4v) is 1.55. The summed E-state index contributed by atoms with van der Waals surface area (Å²) in [5.74, 6) is 1.00. The summed E-state index contributed by atoms with van der Waals surface area (Å²) in [5.41, 5.74) is 6.68. The van der Waals surface area contributed by atoms with Crippen LogP contribution in [0.4, 0.5) is 5.82 Å². The number of hydrogen-bond donors (Lipinski definition) is 1. The van der Waals surface area contributed by atoms with E-state index in [2.05, 4.69) is 22.9 Å². The quantitative estimate of drug-likeness (QED) is 0.751. The van der Waals surface area contributed by atoms with Crippen molar-refractivity contribution in [3.8, 4) is 0 Å². The van der Waals surface area contributed by atoms with Gasteiger partial charge in [-0.1, -0.05) is 6.07 Å². The minimum atomic E-state index is 0.669. The first-order chi connectivity index (χ1) is 7.81. The molecule has 0 aromatic carbocycles. The predicted octanol–water partition coefficient (Wildman–Crippen LogP) is 1.06. The highest BCUT2D eigenvalue weighted by atomic mass is 16.5. The second kappa shape index (κ2) is 7.19. The molecule has 1 heterocycles. The van der Waals surface area contributed by atoms with E-state index < -0.39 is 0 Å². The topological polar surface area (TPSA) is 51.4 Å². The lowest BCUT2D eigenvalue weighted by molar-refractivity contribution is 0.205. The smallest absolute Gasteiger partial charge is 0.128 e. The number of hydrogen-bond acceptors (Lipinski definition) is 4. The van der Waals surface area contributed by atoms with Gasteiger partial charge < -0.3 is 15.4 Å². The molecule has 0 atom stereocenters. The Bertz CT molecular complexity index is 287. The molecule has 0 bridgehead atoms. The van der Waals surface area contributed by atoms with E-state index in [1.807, 2.05) is 12.3 Å². The van der Waals surface area contributed by atoms with Gasteiger partial charge in [0.25, 0.3) is 0 Å². The summed E-state index contributed by atoms with van der Waals surface area (Å²) in [4.78, 5) is 6.63. The lowest BCUT2D eigenvalue weighted by Crippen LogP contribution is -2.27. The zero-order chi connectivity index (χ0) is 11.8. The highest BCUT2D eigenvalue weighted by molar-refractivity contribution is 5.39. The van der Waals surface area contributed by atoms with Gasteiger partial charge in [0.15, 0.2) is 0 Å². The van der Waals surface area contributed by atoms with Crippen molar-refractivity contribution < 1.29 is 4.74 Å². The van der Waals surface area contributed by atoms with Crippen molar-refractivity contribution in [2.45, 2.75) is 13.3 Å². The van der Waals surface area contributed by atoms with E-state index in [1.54, 1.807) is 7.11 Å². The van der Waals surface area contributed by atoms with Crippen LogP contribution >= 0.6 is 0 Å². The molecule has 0 unspecified atom stereocenters. The molecule has 0 spiro atoms. The molecule has 2 N–H and O–H groups in total. The van der Waals surface area contributed by atoms with Gasteiger partial charge >= 0.3 is 0 Å². The third-order valence-corrected chi connectivity index (χ3v) is 2.51. The van der Waals surface area contributed by atoms with Gasteiger partial charge in [-0.3, -0.25) is 0 Å². The maximum atomic E-state index is 5.50. The third-order valence-electron chi connectivity index (χ3n) is 2.51. The molecule has 0 saturated heterocycles. The molecule has 4 heteroatoms. The molecule has 0 aliphatic carbocycles. The molecule has 16 heavy (non-hydrogen) atoms. The number of methoxy groups -OCH3 is 1. The van der Waals surface area contributed by atoms with Gasteiger partial charge in [0.05, 0.1) is 6.61 Å². The van der Waals surface area contributed by atoms with E-state index in [4.69, 9.17) is 10.5 Å². The molecule has 0 fully saturated rings. The molecular formula is C12H21N3O. The van der Waals surface area contributed by atoms with Crippen LogP contribution in [0.2, 0.25) is 0 Å². The Morgan fingerprint density at radius 3 is 2.75 bits per heavy atom. The second-order valence-electron chi connectivity index (χ2n) is 3.64. The molecule has 0 aliphatic heterocycles. The average molecular weight is 223 g/mol. The van der Waals surface area contributed by atoms with E-state index >= 15 is 0 Å². The SMILES string of the molecule is CCN(CCOC)c1ccc(CCN)cn1. The molecule has 1 aromatic heterocycles. The number of ether oxygens (including phenoxy) is 1. The summed E-state index contributed by atoms with van der Waals surface area (Å²) in [7, 11) is 1.71. The third kappa shape index (κ3) is 3.79. The number of likely N-dealkylation sites (N-methyl/N-ethyl adjacent to an activating group) is 1. The number of rotatable bonds is 7. The molecule has 1 aromatic rings. The summed E-state index contributed by atoms with van der Waals surface area (Å²) >= 11 is 0. The summed E-state index contributed by atoms with van der Waals surface area (Å²) in [6.45, 7) is 5.32. The second-order valence-corrected chi connectivity index (χ2v) is 3.64. The summed E-state index contributed by atoms with van der Waals surface area (Å²) in [5, 5.41) is 0. The molecule has 0 radical (unpaired) electrons. The first-order valence-electron chi connectivity index (χ1n) is 5.70. The van der Waals surface area contributed by atoms with Crippen LogP contribution in [0, 0.1) is 0 Å². The van der Waals surface area contributed by atoms with Gasteiger partial charge in [0, 0.05) is 26.4 Å². The van der Waals surface area contributed by atoms with Crippen LogP contribution < -0.4 is 10.6 Å². The maximum absolute atomic E-state index is 5.50. The van der Waals surface area contributed by atoms with Crippen molar-refractivity contribution in [1.29, 1.82) is 0 Å². The van der Waals surface area contributed by atoms with Crippen LogP contribution in [0.25, 0.3) is 0 Å². The standard InChI is InChI=1S/C12H21N3O/c1-3-15(8-9-16-2)12-5-4-11(6-7-13)10-14-12/h4-5,10H,3,6-9,13H2,1-2H3. The normalized spacial score (nSPS) is 10.4. The summed E-state index contributed by atoms with van der Waals surface area (Å²) < 4.78 is 5.07. The van der Waals surface area contributed by atoms with Crippen molar-refractivity contribution in [1.82, 2.24) is 4.98 Å². The first-order valence-corrected chi connectivity index (χ1v) is 5.70. The van der Waals surface area contributed by atoms with E-state index in [-0.39, 0.29) is 0 Å². The zero-order valence-electron chi connectivity index (χ0n) is 10.1. The Balaban J connectivity index is 2.62. The predicted molar refractivity (Wildman–Crippen MR) is 66.8 cm³/mol. The number of nitrogens with zero attached hydrogens (tertiary/aromatic N) is 2. The van der Waals surface area contributed by atoms with Gasteiger partial charge in [-0.25, -0.2) is 4.98 Å². The van der Waals surface area contributed by atoms with Crippen LogP contribution in [0.5, 0.6) is 0 Å². The van der Waals surface area contributed by atoms with E-state index in [0.29, 0.717) is 6.54 Å². The molecule has 1 rings (SSSR count). The number of pyridine rings is 1. The van der Waals surface area contributed by atoms with E-state index in [9.17, 15) is 0 Å². The van der Waals surface area contributed by atoms with E-state index in [1.165, 1.54) is 5.56 Å². The average Bonchev–Trinajstić information content (AvgIpc) is 2.32. The van der Waals surface area contributed by atoms with Crippen molar-refractivity contribution in [3.05, 3.63) is 23.9 Å². The number of aromatic nitrogens is 1. The minimum absolute atomic E-state index is 0.669. The summed E-state index contributed by atoms with van der Waals surface area (Å²) in [6.07, 6.45) is 2.79. The molecular weight excluding hydrogens is 202 g/mol. The van der Waals surface area contributed by atoms with Crippen molar-refractivity contribution in [3.63, 3.8) is 0 Å². The van der Waals surface area contributed by atoms with Gasteiger partial charge in [-0.05, 0) is 31.5 Å². The van der Waals surface area contributed by atoms with Gasteiger partial charge in [0.2, 0.25) is 0 Å². The molecule has 4 nitrogen and oxygen atoms in total. The fraction of sp³-hybridized carbons (Fsp3) is 0.583. The van der Waals surface area contributed by atoms with Crippen LogP contribution in [0.15, 0.2) is 18.3 Å². The zero-order valence-corrected chi connectivity index (χ0v) is 10.1. The Kier molecular flexibility index (Phi) is 5.82. The Morgan fingerprint density at radius 2 is 2.25 bits per heavy atom. The molecule has 0 saturated carbocycles. The lowest BCUT2D eigenvalue weighted by Gasteiger charge is -2.21. The minimum Gasteiger partial charge on any atom is -0.383 e. The monoisotopic (exact) mass is 223 g/mol. The number of nitrogens with two attached hydrogens (primary N) is 1. The Labute approximate surface area is 97.4 Å². The van der Waals surface area contributed by atoms with Gasteiger partial charge in [-0.2, -0.15) is 0 Å². The Morgan fingerprint density at radius 1 is 1.44 bits per heavy atom. The maximum Gasteiger partial charge on any atom is 0.128 e. The fourth-order valence-electron chi connectivity index (χ4n) is 1.55. The highest BCUT2D eigenvalue weighted by Crippen LogP contribution is 2.10. The van der Waals surface area contributed by atoms with Gasteiger partial charge in [-0.15, -0.1) is 0 Å². The number of anilines is 1. The van der Waals surface area contributed by atoms with Crippen LogP contribution in [-0.4, -0.2) is 38.3 Å². The Hall–Kier alpha value is -1.13. The molecule has 0 aliphatic rings. The van der Waals surface area contributed by atoms with E-state index in [0.717, 1.165) is 31.9 Å².